The van der Waals surface area contributed by atoms with Gasteiger partial charge in [-0.1, -0.05) is 25.1 Å². The van der Waals surface area contributed by atoms with Gasteiger partial charge >= 0.3 is 5.97 Å². The van der Waals surface area contributed by atoms with Crippen LogP contribution in [0.1, 0.15) is 76.7 Å². The van der Waals surface area contributed by atoms with Crippen molar-refractivity contribution in [2.24, 2.45) is 33.7 Å². The first kappa shape index (κ1) is 28.7. The molecule has 5 aliphatic rings. The lowest BCUT2D eigenvalue weighted by Crippen LogP contribution is -2.68. The van der Waals surface area contributed by atoms with Crippen LogP contribution in [0, 0.1) is 28.6 Å². The van der Waals surface area contributed by atoms with Gasteiger partial charge < -0.3 is 25.0 Å². The van der Waals surface area contributed by atoms with E-state index >= 15 is 0 Å². The number of rotatable bonds is 6. The number of fused-ring (bicyclic) bond motifs is 6. The zero-order chi connectivity index (χ0) is 30.0. The topological polar surface area (TPSA) is 144 Å². The molecule has 0 bridgehead atoms. The van der Waals surface area contributed by atoms with Crippen molar-refractivity contribution in [3.63, 3.8) is 0 Å². The van der Waals surface area contributed by atoms with E-state index in [0.717, 1.165) is 41.3 Å². The highest BCUT2D eigenvalue weighted by atomic mass is 16.5. The third-order valence-electron chi connectivity index (χ3n) is 12.4. The Bertz CT molecular complexity index is 1500. The van der Waals surface area contributed by atoms with Crippen LogP contribution in [0.3, 0.4) is 0 Å². The van der Waals surface area contributed by atoms with Crippen LogP contribution in [0.25, 0.3) is 10.9 Å². The largest absolute Gasteiger partial charge is 0.458 e. The number of para-hydroxylation sites is 1. The van der Waals surface area contributed by atoms with E-state index in [9.17, 15) is 24.9 Å². The molecule has 0 radical (unpaired) electrons. The number of ether oxygens (including phenoxy) is 1. The summed E-state index contributed by atoms with van der Waals surface area (Å²) in [6.45, 7) is 2.47. The molecular weight excluding hydrogens is 546 g/mol. The predicted molar refractivity (Wildman–Crippen MR) is 161 cm³/mol. The number of aromatic amines is 1. The van der Waals surface area contributed by atoms with E-state index in [4.69, 9.17) is 4.74 Å². The van der Waals surface area contributed by atoms with Crippen LogP contribution < -0.4 is 5.43 Å². The fourth-order valence-corrected chi connectivity index (χ4v) is 10.2. The number of carbonyl (C=O) groups is 2. The molecule has 7 rings (SSSR count). The number of aliphatic hydroxyl groups excluding tert-OH is 1. The van der Waals surface area contributed by atoms with Gasteiger partial charge in [-0.25, -0.2) is 10.2 Å². The molecule has 9 heteroatoms. The molecule has 0 saturated heterocycles. The molecule has 4 aliphatic carbocycles. The Hall–Kier alpha value is -3.01. The van der Waals surface area contributed by atoms with Crippen molar-refractivity contribution in [2.75, 3.05) is 6.61 Å². The smallest absolute Gasteiger partial charge is 0.331 e. The van der Waals surface area contributed by atoms with E-state index in [1.54, 1.807) is 12.3 Å². The number of hydrogen-bond acceptors (Lipinski definition) is 7. The van der Waals surface area contributed by atoms with Gasteiger partial charge in [-0.05, 0) is 92.7 Å². The van der Waals surface area contributed by atoms with Crippen LogP contribution in [0.2, 0.25) is 0 Å². The second-order valence-corrected chi connectivity index (χ2v) is 14.2. The molecule has 1 aromatic heterocycles. The molecule has 1 aromatic carbocycles. The first-order chi connectivity index (χ1) is 20.6. The standard InChI is InChI=1S/C34H43N3O6/c1-31-12-9-26-27(34(31,42)15-11-25(31)22-16-30(40)43-19-22)10-14-33(41)17-23(38)8-13-32(26,33)20-36-37-29(39)7-6-21-18-35-28-5-3-2-4-24(21)28/h2-5,16,18,20,23,25-27,35,38,41-42H,6-15,17,19H2,1H3,(H,37,39)/b36-20-/t23-,25+,26+,27-,31-,32+,33+,34+/m1/s1. The van der Waals surface area contributed by atoms with E-state index in [0.29, 0.717) is 45.1 Å². The first-order valence-corrected chi connectivity index (χ1v) is 16.0. The third-order valence-corrected chi connectivity index (χ3v) is 12.4. The molecule has 5 N–H and O–H groups in total. The van der Waals surface area contributed by atoms with E-state index in [1.165, 1.54) is 0 Å². The van der Waals surface area contributed by atoms with Gasteiger partial charge in [0.05, 0.1) is 17.3 Å². The summed E-state index contributed by atoms with van der Waals surface area (Å²) >= 11 is 0. The van der Waals surface area contributed by atoms with Gasteiger partial charge in [-0.15, -0.1) is 0 Å². The minimum absolute atomic E-state index is 0.0436. The Morgan fingerprint density at radius 1 is 1.12 bits per heavy atom. The van der Waals surface area contributed by atoms with Gasteiger partial charge in [-0.3, -0.25) is 4.79 Å². The van der Waals surface area contributed by atoms with E-state index in [2.05, 4.69) is 22.4 Å². The molecule has 0 spiro atoms. The van der Waals surface area contributed by atoms with Crippen molar-refractivity contribution in [3.05, 3.63) is 47.7 Å². The maximum Gasteiger partial charge on any atom is 0.331 e. The molecule has 1 aliphatic heterocycles. The monoisotopic (exact) mass is 589 g/mol. The maximum absolute atomic E-state index is 12.9. The molecule has 2 aromatic rings. The summed E-state index contributed by atoms with van der Waals surface area (Å²) in [7, 11) is 0. The number of nitrogens with zero attached hydrogens (tertiary/aromatic N) is 1. The zero-order valence-corrected chi connectivity index (χ0v) is 24.8. The quantitative estimate of drug-likeness (QED) is 0.196. The highest BCUT2D eigenvalue weighted by molar-refractivity contribution is 5.85. The number of nitrogens with one attached hydrogen (secondary N) is 2. The van der Waals surface area contributed by atoms with Crippen molar-refractivity contribution in [1.29, 1.82) is 0 Å². The fourth-order valence-electron chi connectivity index (χ4n) is 10.2. The number of amides is 1. The number of hydrazone groups is 1. The summed E-state index contributed by atoms with van der Waals surface area (Å²) in [6, 6.07) is 8.02. The van der Waals surface area contributed by atoms with Crippen molar-refractivity contribution in [1.82, 2.24) is 10.4 Å². The predicted octanol–water partition coefficient (Wildman–Crippen LogP) is 3.92. The Kier molecular flexibility index (Phi) is 6.87. The minimum Gasteiger partial charge on any atom is -0.458 e. The number of cyclic esters (lactones) is 1. The summed E-state index contributed by atoms with van der Waals surface area (Å²) in [6.07, 6.45) is 11.1. The van der Waals surface area contributed by atoms with Crippen LogP contribution in [-0.4, -0.2) is 62.3 Å². The van der Waals surface area contributed by atoms with Gasteiger partial charge in [0.1, 0.15) is 6.61 Å². The van der Waals surface area contributed by atoms with Gasteiger partial charge in [0, 0.05) is 53.1 Å². The van der Waals surface area contributed by atoms with Crippen molar-refractivity contribution in [3.8, 4) is 0 Å². The Morgan fingerprint density at radius 2 is 1.93 bits per heavy atom. The van der Waals surface area contributed by atoms with Gasteiger partial charge in [0.25, 0.3) is 0 Å². The molecule has 2 heterocycles. The minimum atomic E-state index is -1.17. The number of aryl methyl sites for hydroxylation is 1. The number of hydrogen-bond donors (Lipinski definition) is 5. The number of esters is 1. The SMILES string of the molecule is C[C@]12CC[C@H]3[C@@H](CC[C@]4(O)C[C@H](O)CC[C@]34/C=N\NC(=O)CCc3c[nH]c4ccccc34)[C@@]1(O)CC[C@H]2C1=CC(=O)OC1. The van der Waals surface area contributed by atoms with Crippen LogP contribution in [0.4, 0.5) is 0 Å². The van der Waals surface area contributed by atoms with Gasteiger partial charge in [-0.2, -0.15) is 5.10 Å². The molecule has 230 valence electrons. The Labute approximate surface area is 251 Å². The molecule has 8 atom stereocenters. The Balaban J connectivity index is 1.12. The second-order valence-electron chi connectivity index (χ2n) is 14.2. The van der Waals surface area contributed by atoms with Crippen LogP contribution in [0.5, 0.6) is 0 Å². The van der Waals surface area contributed by atoms with E-state index < -0.39 is 28.1 Å². The van der Waals surface area contributed by atoms with Crippen molar-refractivity contribution < 1.29 is 29.6 Å². The van der Waals surface area contributed by atoms with E-state index in [1.807, 2.05) is 30.5 Å². The second kappa shape index (κ2) is 10.3. The maximum atomic E-state index is 12.9. The summed E-state index contributed by atoms with van der Waals surface area (Å²) in [5.74, 6) is -0.517. The van der Waals surface area contributed by atoms with Gasteiger partial charge in [0.15, 0.2) is 0 Å². The Morgan fingerprint density at radius 3 is 2.74 bits per heavy atom. The number of H-pyrrole nitrogens is 1. The average Bonchev–Trinajstić information content (AvgIpc) is 3.67. The molecule has 4 fully saturated rings. The van der Waals surface area contributed by atoms with E-state index in [-0.39, 0.29) is 42.5 Å². The zero-order valence-electron chi connectivity index (χ0n) is 24.8. The fraction of sp³-hybridized carbons (Fsp3) is 0.618. The molecule has 43 heavy (non-hydrogen) atoms. The first-order valence-electron chi connectivity index (χ1n) is 16.0. The lowest BCUT2D eigenvalue weighted by molar-refractivity contribution is -0.237. The molecule has 4 saturated carbocycles. The third kappa shape index (κ3) is 4.33. The highest BCUT2D eigenvalue weighted by Gasteiger charge is 2.71. The molecular formula is C34H43N3O6. The number of benzene rings is 1. The highest BCUT2D eigenvalue weighted by Crippen LogP contribution is 2.70. The summed E-state index contributed by atoms with van der Waals surface area (Å²) in [5, 5.41) is 40.9. The summed E-state index contributed by atoms with van der Waals surface area (Å²) in [4.78, 5) is 28.0. The number of aromatic nitrogens is 1. The van der Waals surface area contributed by atoms with Crippen LogP contribution >= 0.6 is 0 Å². The summed E-state index contributed by atoms with van der Waals surface area (Å²) in [5.41, 5.74) is 2.57. The molecule has 0 unspecified atom stereocenters. The van der Waals surface area contributed by atoms with Gasteiger partial charge in [0.2, 0.25) is 5.91 Å². The number of carbonyl (C=O) groups excluding carboxylic acids is 2. The number of aliphatic hydroxyl groups is 3. The molecule has 1 amide bonds. The average molecular weight is 590 g/mol. The molecule has 9 nitrogen and oxygen atoms in total. The van der Waals surface area contributed by atoms with Crippen molar-refractivity contribution in [2.45, 2.75) is 94.9 Å². The van der Waals surface area contributed by atoms with Crippen LogP contribution in [0.15, 0.2) is 47.2 Å². The lowest BCUT2D eigenvalue weighted by Gasteiger charge is -2.65. The van der Waals surface area contributed by atoms with Crippen LogP contribution in [-0.2, 0) is 20.7 Å². The van der Waals surface area contributed by atoms with Crippen molar-refractivity contribution >= 4 is 29.0 Å². The normalized spacial score (nSPS) is 40.6. The summed E-state index contributed by atoms with van der Waals surface area (Å²) < 4.78 is 5.25. The lowest BCUT2D eigenvalue weighted by atomic mass is 9.41.